The summed E-state index contributed by atoms with van der Waals surface area (Å²) in [5.74, 6) is 0.463. The molecule has 0 saturated carbocycles. The number of rotatable bonds is 7. The fourth-order valence-electron chi connectivity index (χ4n) is 2.13. The van der Waals surface area contributed by atoms with Crippen molar-refractivity contribution < 1.29 is 14.3 Å². The molecule has 1 atom stereocenters. The second-order valence-electron chi connectivity index (χ2n) is 5.80. The van der Waals surface area contributed by atoms with E-state index in [-0.39, 0.29) is 17.9 Å². The highest BCUT2D eigenvalue weighted by Crippen LogP contribution is 2.18. The fraction of sp³-hybridized carbons (Fsp3) is 0.300. The van der Waals surface area contributed by atoms with Gasteiger partial charge in [0.25, 0.3) is 5.91 Å². The average molecular weight is 340 g/mol. The molecule has 0 aliphatic rings. The van der Waals surface area contributed by atoms with Crippen molar-refractivity contribution in [3.63, 3.8) is 0 Å². The molecule has 0 radical (unpaired) electrons. The lowest BCUT2D eigenvalue weighted by Gasteiger charge is -2.13. The number of carbonyl (C=O) groups excluding carboxylic acids is 2. The van der Waals surface area contributed by atoms with Crippen molar-refractivity contribution in [3.8, 4) is 5.75 Å². The molecule has 0 aliphatic heterocycles. The van der Waals surface area contributed by atoms with Crippen LogP contribution in [0.3, 0.4) is 0 Å². The van der Waals surface area contributed by atoms with Crippen LogP contribution in [-0.2, 0) is 4.79 Å². The molecule has 0 aromatic heterocycles. The maximum absolute atomic E-state index is 12.4. The van der Waals surface area contributed by atoms with Crippen LogP contribution in [0.25, 0.3) is 0 Å². The number of hydrogen-bond donors (Lipinski definition) is 2. The van der Waals surface area contributed by atoms with E-state index in [9.17, 15) is 9.59 Å². The molecule has 5 heteroatoms. The minimum absolute atomic E-state index is 0.0691. The van der Waals surface area contributed by atoms with Gasteiger partial charge in [0, 0.05) is 23.4 Å². The molecule has 2 N–H and O–H groups in total. The van der Waals surface area contributed by atoms with Gasteiger partial charge >= 0.3 is 0 Å². The maximum atomic E-state index is 12.4. The van der Waals surface area contributed by atoms with Gasteiger partial charge in [-0.25, -0.2) is 0 Å². The van der Waals surface area contributed by atoms with Gasteiger partial charge in [-0.2, -0.15) is 0 Å². The first kappa shape index (κ1) is 18.5. The highest BCUT2D eigenvalue weighted by molar-refractivity contribution is 6.04. The molecule has 2 aromatic carbocycles. The minimum atomic E-state index is -0.214. The van der Waals surface area contributed by atoms with Gasteiger partial charge < -0.3 is 15.4 Å². The highest BCUT2D eigenvalue weighted by atomic mass is 16.5. The van der Waals surface area contributed by atoms with E-state index in [0.29, 0.717) is 23.4 Å². The van der Waals surface area contributed by atoms with Crippen molar-refractivity contribution in [3.05, 3.63) is 54.1 Å². The zero-order valence-corrected chi connectivity index (χ0v) is 14.8. The molecule has 0 saturated heterocycles. The first-order chi connectivity index (χ1) is 12.0. The predicted molar refractivity (Wildman–Crippen MR) is 100 cm³/mol. The number of anilines is 2. The van der Waals surface area contributed by atoms with E-state index in [4.69, 9.17) is 4.74 Å². The van der Waals surface area contributed by atoms with E-state index in [1.54, 1.807) is 55.5 Å². The van der Waals surface area contributed by atoms with Crippen molar-refractivity contribution in [1.82, 2.24) is 0 Å². The second kappa shape index (κ2) is 8.87. The molecule has 0 aliphatic carbocycles. The third-order valence-electron chi connectivity index (χ3n) is 3.75. The molecular weight excluding hydrogens is 316 g/mol. The molecule has 2 rings (SSSR count). The van der Waals surface area contributed by atoms with Crippen LogP contribution in [0.4, 0.5) is 11.4 Å². The van der Waals surface area contributed by atoms with Crippen LogP contribution in [0.5, 0.6) is 5.75 Å². The zero-order valence-electron chi connectivity index (χ0n) is 14.8. The van der Waals surface area contributed by atoms with Crippen molar-refractivity contribution in [1.29, 1.82) is 0 Å². The van der Waals surface area contributed by atoms with Crippen LogP contribution in [-0.4, -0.2) is 17.9 Å². The summed E-state index contributed by atoms with van der Waals surface area (Å²) in [5, 5.41) is 5.60. The molecule has 2 aromatic rings. The van der Waals surface area contributed by atoms with Crippen LogP contribution in [0.15, 0.2) is 48.5 Å². The van der Waals surface area contributed by atoms with Crippen LogP contribution in [0.2, 0.25) is 0 Å². The van der Waals surface area contributed by atoms with E-state index < -0.39 is 0 Å². The Hall–Kier alpha value is -2.82. The first-order valence-corrected chi connectivity index (χ1v) is 8.49. The summed E-state index contributed by atoms with van der Waals surface area (Å²) in [5.41, 5.74) is 1.82. The Balaban J connectivity index is 2.02. The largest absolute Gasteiger partial charge is 0.491 e. The van der Waals surface area contributed by atoms with E-state index in [0.717, 1.165) is 12.2 Å². The predicted octanol–water partition coefficient (Wildman–Crippen LogP) is 4.46. The molecule has 0 heterocycles. The molecule has 132 valence electrons. The summed E-state index contributed by atoms with van der Waals surface area (Å²) >= 11 is 0. The Morgan fingerprint density at radius 2 is 1.64 bits per heavy atom. The topological polar surface area (TPSA) is 67.4 Å². The van der Waals surface area contributed by atoms with Gasteiger partial charge in [-0.15, -0.1) is 0 Å². The van der Waals surface area contributed by atoms with Crippen LogP contribution < -0.4 is 15.4 Å². The molecule has 2 amide bonds. The lowest BCUT2D eigenvalue weighted by Crippen LogP contribution is -2.13. The Morgan fingerprint density at radius 1 is 1.00 bits per heavy atom. The molecule has 0 bridgehead atoms. The van der Waals surface area contributed by atoms with Crippen LogP contribution >= 0.6 is 0 Å². The summed E-state index contributed by atoms with van der Waals surface area (Å²) in [4.78, 5) is 23.8. The fourth-order valence-corrected chi connectivity index (χ4v) is 2.13. The van der Waals surface area contributed by atoms with Crippen molar-refractivity contribution >= 4 is 23.2 Å². The number of hydrogen-bond acceptors (Lipinski definition) is 3. The van der Waals surface area contributed by atoms with Gasteiger partial charge in [-0.05, 0) is 55.8 Å². The quantitative estimate of drug-likeness (QED) is 0.782. The van der Waals surface area contributed by atoms with Gasteiger partial charge in [0.05, 0.1) is 6.10 Å². The van der Waals surface area contributed by atoms with E-state index in [2.05, 4.69) is 17.6 Å². The van der Waals surface area contributed by atoms with E-state index >= 15 is 0 Å². The Morgan fingerprint density at radius 3 is 2.24 bits per heavy atom. The van der Waals surface area contributed by atoms with Crippen molar-refractivity contribution in [2.24, 2.45) is 0 Å². The van der Waals surface area contributed by atoms with Gasteiger partial charge in [0.15, 0.2) is 0 Å². The van der Waals surface area contributed by atoms with Gasteiger partial charge in [-0.1, -0.05) is 19.9 Å². The van der Waals surface area contributed by atoms with Crippen LogP contribution in [0, 0.1) is 0 Å². The van der Waals surface area contributed by atoms with Gasteiger partial charge in [-0.3, -0.25) is 9.59 Å². The summed E-state index contributed by atoms with van der Waals surface area (Å²) in [6.45, 7) is 5.85. The summed E-state index contributed by atoms with van der Waals surface area (Å²) in [6.07, 6.45) is 1.47. The molecule has 0 spiro atoms. The number of carbonyl (C=O) groups is 2. The van der Waals surface area contributed by atoms with Gasteiger partial charge in [0.1, 0.15) is 5.75 Å². The molecule has 5 nitrogen and oxygen atoms in total. The standard InChI is InChI=1S/C20H24N2O3/c1-4-14(3)25-18-11-9-15(10-12-18)20(24)22-17-8-6-7-16(13-17)21-19(23)5-2/h6-14H,4-5H2,1-3H3,(H,21,23)(H,22,24)/t14-/m0/s1. The maximum Gasteiger partial charge on any atom is 0.255 e. The highest BCUT2D eigenvalue weighted by Gasteiger charge is 2.08. The Bertz CT molecular complexity index is 726. The number of ether oxygens (including phenoxy) is 1. The summed E-state index contributed by atoms with van der Waals surface area (Å²) in [7, 11) is 0. The second-order valence-corrected chi connectivity index (χ2v) is 5.80. The van der Waals surface area contributed by atoms with E-state index in [1.807, 2.05) is 6.92 Å². The third-order valence-corrected chi connectivity index (χ3v) is 3.75. The SMILES string of the molecule is CCC(=O)Nc1cccc(NC(=O)c2ccc(O[C@@H](C)CC)cc2)c1. The Kier molecular flexibility index (Phi) is 6.57. The monoisotopic (exact) mass is 340 g/mol. The van der Waals surface area contributed by atoms with Crippen LogP contribution in [0.1, 0.15) is 44.0 Å². The lowest BCUT2D eigenvalue weighted by molar-refractivity contribution is -0.115. The molecular formula is C20H24N2O3. The summed E-state index contributed by atoms with van der Waals surface area (Å²) in [6, 6.07) is 14.1. The van der Waals surface area contributed by atoms with Crippen molar-refractivity contribution in [2.75, 3.05) is 10.6 Å². The minimum Gasteiger partial charge on any atom is -0.491 e. The van der Waals surface area contributed by atoms with E-state index in [1.165, 1.54) is 0 Å². The third kappa shape index (κ3) is 5.64. The average Bonchev–Trinajstić information content (AvgIpc) is 2.62. The Labute approximate surface area is 148 Å². The first-order valence-electron chi connectivity index (χ1n) is 8.49. The lowest BCUT2D eigenvalue weighted by atomic mass is 10.2. The smallest absolute Gasteiger partial charge is 0.255 e. The normalized spacial score (nSPS) is 11.5. The zero-order chi connectivity index (χ0) is 18.2. The molecule has 0 unspecified atom stereocenters. The van der Waals surface area contributed by atoms with Crippen molar-refractivity contribution in [2.45, 2.75) is 39.7 Å². The number of nitrogens with one attached hydrogen (secondary N) is 2. The summed E-state index contributed by atoms with van der Waals surface area (Å²) < 4.78 is 5.71. The number of amides is 2. The van der Waals surface area contributed by atoms with Gasteiger partial charge in [0.2, 0.25) is 5.91 Å². The molecule has 25 heavy (non-hydrogen) atoms. The number of benzene rings is 2. The molecule has 0 fully saturated rings.